The van der Waals surface area contributed by atoms with Gasteiger partial charge in [0.05, 0.1) is 6.54 Å². The van der Waals surface area contributed by atoms with Crippen molar-refractivity contribution in [2.75, 3.05) is 5.32 Å². The lowest BCUT2D eigenvalue weighted by atomic mass is 10.2. The van der Waals surface area contributed by atoms with E-state index in [-0.39, 0.29) is 30.0 Å². The molecule has 25 heavy (non-hydrogen) atoms. The molecule has 3 N–H and O–H groups in total. The van der Waals surface area contributed by atoms with Gasteiger partial charge in [-0.1, -0.05) is 13.0 Å². The van der Waals surface area contributed by atoms with Crippen LogP contribution in [-0.4, -0.2) is 22.9 Å². The Morgan fingerprint density at radius 2 is 2.00 bits per heavy atom. The molecule has 1 aromatic heterocycles. The van der Waals surface area contributed by atoms with Gasteiger partial charge in [-0.2, -0.15) is 0 Å². The molecule has 0 aliphatic heterocycles. The molecule has 1 aromatic carbocycles. The summed E-state index contributed by atoms with van der Waals surface area (Å²) < 4.78 is 5.08. The quantitative estimate of drug-likeness (QED) is 0.747. The van der Waals surface area contributed by atoms with Gasteiger partial charge in [-0.15, -0.1) is 0 Å². The minimum absolute atomic E-state index is 0.0261. The fourth-order valence-corrected chi connectivity index (χ4v) is 2.52. The average Bonchev–Trinajstić information content (AvgIpc) is 3.13. The van der Waals surface area contributed by atoms with E-state index in [1.165, 1.54) is 12.1 Å². The second-order valence-corrected chi connectivity index (χ2v) is 6.14. The first kappa shape index (κ1) is 16.8. The molecular weight excluding hydrogens is 324 g/mol. The summed E-state index contributed by atoms with van der Waals surface area (Å²) in [7, 11) is 0. The molecule has 0 saturated heterocycles. The summed E-state index contributed by atoms with van der Waals surface area (Å²) in [5.41, 5.74) is 0.967. The summed E-state index contributed by atoms with van der Waals surface area (Å²) in [6, 6.07) is 9.49. The first-order chi connectivity index (χ1) is 11.9. The molecule has 0 spiro atoms. The van der Waals surface area contributed by atoms with E-state index in [0.29, 0.717) is 22.9 Å². The van der Waals surface area contributed by atoms with E-state index in [4.69, 9.17) is 9.52 Å². The van der Waals surface area contributed by atoms with Gasteiger partial charge in [-0.25, -0.2) is 4.79 Å². The van der Waals surface area contributed by atoms with Crippen LogP contribution in [0.5, 0.6) is 0 Å². The van der Waals surface area contributed by atoms with Gasteiger partial charge in [-0.05, 0) is 42.7 Å². The largest absolute Gasteiger partial charge is 0.475 e. The van der Waals surface area contributed by atoms with E-state index < -0.39 is 5.97 Å². The molecule has 3 rings (SSSR count). The molecule has 2 amide bonds. The van der Waals surface area contributed by atoms with Crippen molar-refractivity contribution in [2.45, 2.75) is 19.9 Å². The first-order valence-electron chi connectivity index (χ1n) is 7.95. The van der Waals surface area contributed by atoms with Crippen LogP contribution in [0.3, 0.4) is 0 Å². The topological polar surface area (TPSA) is 109 Å². The van der Waals surface area contributed by atoms with Crippen LogP contribution in [0, 0.1) is 11.8 Å². The van der Waals surface area contributed by atoms with E-state index in [1.54, 1.807) is 24.3 Å². The van der Waals surface area contributed by atoms with Crippen molar-refractivity contribution in [1.29, 1.82) is 0 Å². The fourth-order valence-electron chi connectivity index (χ4n) is 2.52. The smallest absolute Gasteiger partial charge is 0.371 e. The molecule has 130 valence electrons. The zero-order valence-electron chi connectivity index (χ0n) is 13.6. The van der Waals surface area contributed by atoms with Crippen LogP contribution in [0.2, 0.25) is 0 Å². The number of nitrogens with one attached hydrogen (secondary N) is 2. The lowest BCUT2D eigenvalue weighted by Crippen LogP contribution is -2.23. The summed E-state index contributed by atoms with van der Waals surface area (Å²) in [6.45, 7) is 2.10. The molecule has 0 unspecified atom stereocenters. The third-order valence-electron chi connectivity index (χ3n) is 4.13. The molecule has 1 aliphatic rings. The van der Waals surface area contributed by atoms with E-state index >= 15 is 0 Å². The Bertz CT molecular complexity index is 826. The number of anilines is 1. The number of amides is 2. The highest BCUT2D eigenvalue weighted by Crippen LogP contribution is 2.38. The van der Waals surface area contributed by atoms with Crippen LogP contribution in [0.25, 0.3) is 0 Å². The van der Waals surface area contributed by atoms with Crippen molar-refractivity contribution in [2.24, 2.45) is 11.8 Å². The number of carbonyl (C=O) groups is 3. The molecule has 7 nitrogen and oxygen atoms in total. The predicted octanol–water partition coefficient (Wildman–Crippen LogP) is 2.50. The minimum atomic E-state index is -1.16. The predicted molar refractivity (Wildman–Crippen MR) is 89.2 cm³/mol. The number of rotatable bonds is 6. The van der Waals surface area contributed by atoms with Crippen molar-refractivity contribution in [3.05, 3.63) is 53.5 Å². The van der Waals surface area contributed by atoms with Gasteiger partial charge >= 0.3 is 5.97 Å². The fraction of sp³-hybridized carbons (Fsp3) is 0.278. The SMILES string of the molecule is C[C@H]1C[C@H]1C(=O)Nc1cccc(C(=O)NCc2ccc(C(=O)O)o2)c1. The summed E-state index contributed by atoms with van der Waals surface area (Å²) in [5.74, 6) is -0.895. The summed E-state index contributed by atoms with van der Waals surface area (Å²) in [5, 5.41) is 14.3. The maximum atomic E-state index is 12.2. The van der Waals surface area contributed by atoms with Crippen LogP contribution in [-0.2, 0) is 11.3 Å². The highest BCUT2D eigenvalue weighted by Gasteiger charge is 2.39. The first-order valence-corrected chi connectivity index (χ1v) is 7.95. The Morgan fingerprint density at radius 3 is 2.64 bits per heavy atom. The number of hydrogen-bond acceptors (Lipinski definition) is 4. The second kappa shape index (κ2) is 6.80. The number of carbonyl (C=O) groups excluding carboxylic acids is 2. The molecule has 2 aromatic rings. The average molecular weight is 342 g/mol. The van der Waals surface area contributed by atoms with Crippen molar-refractivity contribution in [3.8, 4) is 0 Å². The van der Waals surface area contributed by atoms with Gasteiger partial charge in [0.2, 0.25) is 11.7 Å². The maximum Gasteiger partial charge on any atom is 0.371 e. The van der Waals surface area contributed by atoms with Crippen molar-refractivity contribution >= 4 is 23.5 Å². The summed E-state index contributed by atoms with van der Waals surface area (Å²) in [4.78, 5) is 34.9. The number of carboxylic acids is 1. The third kappa shape index (κ3) is 4.06. The Kier molecular flexibility index (Phi) is 4.56. The van der Waals surface area contributed by atoms with E-state index in [2.05, 4.69) is 10.6 Å². The molecule has 7 heteroatoms. The summed E-state index contributed by atoms with van der Waals surface area (Å²) in [6.07, 6.45) is 0.896. The van der Waals surface area contributed by atoms with Crippen LogP contribution in [0.4, 0.5) is 5.69 Å². The molecule has 2 atom stereocenters. The Hall–Kier alpha value is -3.09. The maximum absolute atomic E-state index is 12.2. The number of hydrogen-bond donors (Lipinski definition) is 3. The minimum Gasteiger partial charge on any atom is -0.475 e. The van der Waals surface area contributed by atoms with Gasteiger partial charge in [0, 0.05) is 17.2 Å². The van der Waals surface area contributed by atoms with Crippen molar-refractivity contribution < 1.29 is 23.9 Å². The van der Waals surface area contributed by atoms with E-state index in [0.717, 1.165) is 6.42 Å². The van der Waals surface area contributed by atoms with Crippen LogP contribution in [0.15, 0.2) is 40.8 Å². The monoisotopic (exact) mass is 342 g/mol. The second-order valence-electron chi connectivity index (χ2n) is 6.14. The highest BCUT2D eigenvalue weighted by molar-refractivity contribution is 5.98. The van der Waals surface area contributed by atoms with Gasteiger partial charge < -0.3 is 20.2 Å². The number of furan rings is 1. The Balaban J connectivity index is 1.58. The Morgan fingerprint density at radius 1 is 1.24 bits per heavy atom. The van der Waals surface area contributed by atoms with E-state index in [1.807, 2.05) is 6.92 Å². The van der Waals surface area contributed by atoms with Crippen molar-refractivity contribution in [1.82, 2.24) is 5.32 Å². The van der Waals surface area contributed by atoms with Gasteiger partial charge in [0.25, 0.3) is 5.91 Å². The lowest BCUT2D eigenvalue weighted by Gasteiger charge is -2.07. The number of carboxylic acid groups (broad SMARTS) is 1. The number of benzene rings is 1. The van der Waals surface area contributed by atoms with Crippen LogP contribution < -0.4 is 10.6 Å². The zero-order valence-corrected chi connectivity index (χ0v) is 13.6. The lowest BCUT2D eigenvalue weighted by molar-refractivity contribution is -0.117. The molecule has 0 radical (unpaired) electrons. The molecule has 0 bridgehead atoms. The van der Waals surface area contributed by atoms with Crippen LogP contribution >= 0.6 is 0 Å². The molecule has 1 heterocycles. The molecule has 1 saturated carbocycles. The summed E-state index contributed by atoms with van der Waals surface area (Å²) >= 11 is 0. The zero-order chi connectivity index (χ0) is 18.0. The molecule has 1 aliphatic carbocycles. The van der Waals surface area contributed by atoms with Gasteiger partial charge in [0.1, 0.15) is 5.76 Å². The van der Waals surface area contributed by atoms with Gasteiger partial charge in [0.15, 0.2) is 0 Å². The normalized spacial score (nSPS) is 18.4. The third-order valence-corrected chi connectivity index (χ3v) is 4.13. The number of aromatic carboxylic acids is 1. The molecule has 1 fully saturated rings. The molecular formula is C18H18N2O5. The Labute approximate surface area is 144 Å². The van der Waals surface area contributed by atoms with Gasteiger partial charge in [-0.3, -0.25) is 9.59 Å². The van der Waals surface area contributed by atoms with E-state index in [9.17, 15) is 14.4 Å². The highest BCUT2D eigenvalue weighted by atomic mass is 16.4. The van der Waals surface area contributed by atoms with Crippen LogP contribution in [0.1, 0.15) is 40.0 Å². The standard InChI is InChI=1S/C18H18N2O5/c1-10-7-14(10)17(22)20-12-4-2-3-11(8-12)16(21)19-9-13-5-6-15(25-13)18(23)24/h2-6,8,10,14H,7,9H2,1H3,(H,19,21)(H,20,22)(H,23,24)/t10-,14+/m0/s1. The van der Waals surface area contributed by atoms with Crippen molar-refractivity contribution in [3.63, 3.8) is 0 Å².